The Morgan fingerprint density at radius 3 is 1.33 bits per heavy atom. The first-order valence-electron chi connectivity index (χ1n) is 16.6. The van der Waals surface area contributed by atoms with Crippen LogP contribution in [0.2, 0.25) is 0 Å². The lowest BCUT2D eigenvalue weighted by atomic mass is 10.1. The lowest BCUT2D eigenvalue weighted by molar-refractivity contribution is -0.435. The molecule has 0 aromatic heterocycles. The Bertz CT molecular complexity index is 3490. The van der Waals surface area contributed by atoms with Gasteiger partial charge < -0.3 is 35.1 Å². The number of azo groups is 3. The van der Waals surface area contributed by atoms with Gasteiger partial charge in [-0.2, -0.15) is 33.7 Å². The van der Waals surface area contributed by atoms with Crippen LogP contribution >= 0.6 is 0 Å². The van der Waals surface area contributed by atoms with Crippen molar-refractivity contribution in [2.45, 2.75) is 19.6 Å². The maximum Gasteiger partial charge on any atom is 0.296 e. The van der Waals surface area contributed by atoms with Crippen LogP contribution in [0.15, 0.2) is 118 Å². The van der Waals surface area contributed by atoms with Gasteiger partial charge in [-0.05, 0) is 58.1 Å². The van der Waals surface area contributed by atoms with Crippen LogP contribution in [0.5, 0.6) is 34.5 Å². The summed E-state index contributed by atoms with van der Waals surface area (Å²) in [5.41, 5.74) is -2.44. The molecule has 0 heterocycles. The third-order valence-electron chi connectivity index (χ3n) is 8.63. The Labute approximate surface area is 353 Å². The molecule has 0 saturated heterocycles. The topological polar surface area (TPSA) is 405 Å². The summed E-state index contributed by atoms with van der Waals surface area (Å²) < 4.78 is 145. The van der Waals surface area contributed by atoms with E-state index in [1.165, 1.54) is 25.3 Å². The van der Waals surface area contributed by atoms with Crippen LogP contribution in [-0.4, -0.2) is 91.4 Å². The average molecular weight is 951 g/mol. The number of ether oxygens (including phenoxy) is 2. The molecule has 6 aromatic rings. The van der Waals surface area contributed by atoms with Crippen molar-refractivity contribution < 1.29 is 86.6 Å². The lowest BCUT2D eigenvalue weighted by Crippen LogP contribution is -2.01. The lowest BCUT2D eigenvalue weighted by Gasteiger charge is -2.11. The van der Waals surface area contributed by atoms with Crippen LogP contribution in [0.4, 0.5) is 34.1 Å². The van der Waals surface area contributed by atoms with Crippen molar-refractivity contribution in [3.05, 3.63) is 78.0 Å². The summed E-state index contributed by atoms with van der Waals surface area (Å²) in [4.78, 5) is -3.77. The van der Waals surface area contributed by atoms with Gasteiger partial charge in [-0.25, -0.2) is 0 Å². The number of rotatable bonds is 12. The molecule has 330 valence electrons. The number of aromatic hydroxyl groups is 4. The van der Waals surface area contributed by atoms with E-state index in [2.05, 4.69) is 25.6 Å². The highest BCUT2D eigenvalue weighted by Crippen LogP contribution is 2.48. The molecular formula is C34H26N6O19S4. The fourth-order valence-electron chi connectivity index (χ4n) is 5.81. The molecule has 0 amide bonds. The molecule has 0 aliphatic heterocycles. The highest BCUT2D eigenvalue weighted by molar-refractivity contribution is 7.86. The van der Waals surface area contributed by atoms with Gasteiger partial charge in [0.15, 0.2) is 17.2 Å². The fourth-order valence-corrected chi connectivity index (χ4v) is 8.20. The maximum absolute atomic E-state index is 13.2. The minimum atomic E-state index is -5.21. The number of phenols is 4. The second-order valence-corrected chi connectivity index (χ2v) is 18.2. The molecule has 8 N–H and O–H groups in total. The highest BCUT2D eigenvalue weighted by Gasteiger charge is 2.27. The van der Waals surface area contributed by atoms with E-state index in [1.54, 1.807) is 0 Å². The Balaban J connectivity index is 1.33. The first kappa shape index (κ1) is 45.4. The van der Waals surface area contributed by atoms with Gasteiger partial charge in [0.25, 0.3) is 40.5 Å². The second kappa shape index (κ2) is 16.3. The van der Waals surface area contributed by atoms with E-state index in [-0.39, 0.29) is 39.1 Å². The normalized spacial score (nSPS) is 13.1. The minimum Gasteiger partial charge on any atom is -0.594 e. The van der Waals surface area contributed by atoms with Gasteiger partial charge >= 0.3 is 0 Å². The molecule has 0 aliphatic rings. The van der Waals surface area contributed by atoms with Crippen molar-refractivity contribution in [1.29, 1.82) is 0 Å². The molecule has 6 rings (SSSR count). The van der Waals surface area contributed by atoms with E-state index in [9.17, 15) is 77.5 Å². The quantitative estimate of drug-likeness (QED) is 0.0278. The summed E-state index contributed by atoms with van der Waals surface area (Å²) in [7, 11) is -17.9. The first-order valence-corrected chi connectivity index (χ1v) is 22.3. The van der Waals surface area contributed by atoms with Gasteiger partial charge in [-0.1, -0.05) is 0 Å². The number of phenolic OH excluding ortho intramolecular Hbond substituents is 4. The first-order chi connectivity index (χ1) is 29.2. The Kier molecular flexibility index (Phi) is 11.7. The number of hydrogen-bond donors (Lipinski definition) is 8. The largest absolute Gasteiger partial charge is 0.594 e. The van der Waals surface area contributed by atoms with Crippen LogP contribution in [0.25, 0.3) is 21.5 Å². The molecule has 0 radical (unpaired) electrons. The Hall–Kier alpha value is -7.12. The van der Waals surface area contributed by atoms with Crippen molar-refractivity contribution >= 4 is 96.1 Å². The van der Waals surface area contributed by atoms with Crippen LogP contribution in [0.1, 0.15) is 0 Å². The molecule has 0 atom stereocenters. The van der Waals surface area contributed by atoms with Crippen LogP contribution in [-0.2, 0) is 40.5 Å². The minimum absolute atomic E-state index is 0.0771. The molecule has 0 fully saturated rings. The smallest absolute Gasteiger partial charge is 0.296 e. The van der Waals surface area contributed by atoms with Gasteiger partial charge in [-0.15, -0.1) is 20.5 Å². The summed E-state index contributed by atoms with van der Waals surface area (Å²) in [6.45, 7) is 0. The van der Waals surface area contributed by atoms with E-state index in [1.807, 2.05) is 0 Å². The number of fused-ring (bicyclic) bond motifs is 2. The molecule has 6 aromatic carbocycles. The van der Waals surface area contributed by atoms with Gasteiger partial charge in [-0.3, -0.25) is 18.2 Å². The van der Waals surface area contributed by atoms with Gasteiger partial charge in [0, 0.05) is 29.4 Å². The summed E-state index contributed by atoms with van der Waals surface area (Å²) >= 11 is 0. The molecule has 25 nitrogen and oxygen atoms in total. The number of benzene rings is 6. The fraction of sp³-hybridized carbons (Fsp3) is 0.0588. The molecule has 29 heteroatoms. The molecule has 0 unspecified atom stereocenters. The standard InChI is InChI=1S/C34H26N6O19S4/c1-58-25-11-17(3-5-21(25)35-37-31-27(62(52,53)54)9-15-7-19(60(46,47)48)13-23(41)29(15)33(31)43)39-40(45)18-4-6-22(26(12-18)59-2)36-38-32-28(63(55,56)57)10-16-8-20(61(49,50)51)14-24(42)30(16)34(32)44/h3-14,41-44H,1-2H3,(H,46,47,48)(H,49,50,51)(H,52,53,54)(H,55,56,57). The zero-order chi connectivity index (χ0) is 46.6. The number of nitrogens with zero attached hydrogens (tertiary/aromatic N) is 6. The third kappa shape index (κ3) is 9.24. The third-order valence-corrected chi connectivity index (χ3v) is 12.0. The number of hydrogen-bond acceptors (Lipinski definition) is 20. The molecule has 0 saturated carbocycles. The Morgan fingerprint density at radius 1 is 0.524 bits per heavy atom. The van der Waals surface area contributed by atoms with E-state index >= 15 is 0 Å². The van der Waals surface area contributed by atoms with Gasteiger partial charge in [0.1, 0.15) is 55.5 Å². The molecular weight excluding hydrogens is 925 g/mol. The van der Waals surface area contributed by atoms with E-state index in [4.69, 9.17) is 9.47 Å². The molecule has 0 aliphatic carbocycles. The van der Waals surface area contributed by atoms with Crippen molar-refractivity contribution in [1.82, 2.24) is 0 Å². The van der Waals surface area contributed by atoms with Crippen molar-refractivity contribution in [2.75, 3.05) is 14.2 Å². The number of methoxy groups -OCH3 is 2. The molecule has 0 bridgehead atoms. The predicted octanol–water partition coefficient (Wildman–Crippen LogP) is 6.58. The summed E-state index contributed by atoms with van der Waals surface area (Å²) in [5, 5.41) is 72.9. The predicted molar refractivity (Wildman–Crippen MR) is 214 cm³/mol. The van der Waals surface area contributed by atoms with Gasteiger partial charge in [0.2, 0.25) is 5.69 Å². The second-order valence-electron chi connectivity index (χ2n) is 12.6. The Morgan fingerprint density at radius 2 is 0.937 bits per heavy atom. The van der Waals surface area contributed by atoms with E-state index in [0.717, 1.165) is 25.3 Å². The molecule has 63 heavy (non-hydrogen) atoms. The van der Waals surface area contributed by atoms with Crippen molar-refractivity contribution in [3.63, 3.8) is 0 Å². The monoisotopic (exact) mass is 950 g/mol. The van der Waals surface area contributed by atoms with Crippen LogP contribution < -0.4 is 9.47 Å². The summed E-state index contributed by atoms with van der Waals surface area (Å²) in [6, 6.07) is 10.9. The zero-order valence-electron chi connectivity index (χ0n) is 31.3. The zero-order valence-corrected chi connectivity index (χ0v) is 34.6. The molecule has 0 spiro atoms. The van der Waals surface area contributed by atoms with E-state index in [0.29, 0.717) is 36.4 Å². The highest BCUT2D eigenvalue weighted by atomic mass is 32.2. The van der Waals surface area contributed by atoms with E-state index < -0.39 is 116 Å². The average Bonchev–Trinajstić information content (AvgIpc) is 3.18. The van der Waals surface area contributed by atoms with Crippen molar-refractivity contribution in [2.24, 2.45) is 25.6 Å². The maximum atomic E-state index is 13.2. The van der Waals surface area contributed by atoms with Crippen LogP contribution in [0.3, 0.4) is 0 Å². The van der Waals surface area contributed by atoms with Crippen LogP contribution in [0, 0.1) is 5.21 Å². The van der Waals surface area contributed by atoms with Crippen molar-refractivity contribution in [3.8, 4) is 34.5 Å². The summed E-state index contributed by atoms with van der Waals surface area (Å²) in [5.74, 6) is -4.28. The summed E-state index contributed by atoms with van der Waals surface area (Å²) in [6.07, 6.45) is 0. The van der Waals surface area contributed by atoms with Gasteiger partial charge in [0.05, 0.1) is 40.8 Å². The SMILES string of the molecule is COc1cc(N=[N+]([O-])c2ccc(N=Nc3c(S(=O)(=O)O)cc4cc(S(=O)(=O)O)cc(O)c4c3O)c(OC)c2)ccc1N=Nc1c(S(=O)(=O)O)cc2cc(S(=O)(=O)O)cc(O)c2c1O.